The van der Waals surface area contributed by atoms with Crippen LogP contribution >= 0.6 is 11.8 Å². The third-order valence-electron chi connectivity index (χ3n) is 4.58. The predicted molar refractivity (Wildman–Crippen MR) is 103 cm³/mol. The average Bonchev–Trinajstić information content (AvgIpc) is 3.10. The van der Waals surface area contributed by atoms with Crippen LogP contribution in [0.15, 0.2) is 59.5 Å². The Hall–Kier alpha value is -3.59. The van der Waals surface area contributed by atoms with Gasteiger partial charge in [-0.15, -0.1) is 0 Å². The Morgan fingerprint density at radius 3 is 2.62 bits per heavy atom. The molecule has 0 spiro atoms. The maximum absolute atomic E-state index is 12.8. The van der Waals surface area contributed by atoms with Crippen molar-refractivity contribution >= 4 is 46.2 Å². The lowest BCUT2D eigenvalue weighted by molar-refractivity contribution is -0.303. The molecule has 2 aromatic rings. The number of para-hydroxylation sites is 1. The summed E-state index contributed by atoms with van der Waals surface area (Å²) in [4.78, 5) is 51.1. The maximum atomic E-state index is 12.8. The number of carbonyl (C=O) groups excluding carboxylic acids is 4. The fraction of sp³-hybridized carbons (Fsp3) is 0.100. The van der Waals surface area contributed by atoms with Crippen molar-refractivity contribution in [3.8, 4) is 5.75 Å². The normalized spacial score (nSPS) is 19.9. The highest BCUT2D eigenvalue weighted by molar-refractivity contribution is 8.18. The lowest BCUT2D eigenvalue weighted by Crippen LogP contribution is -2.40. The summed E-state index contributed by atoms with van der Waals surface area (Å²) in [5.41, 5.74) is 1.19. The van der Waals surface area contributed by atoms with Gasteiger partial charge in [0.1, 0.15) is 5.75 Å². The molecule has 146 valence electrons. The van der Waals surface area contributed by atoms with E-state index in [9.17, 15) is 29.4 Å². The highest BCUT2D eigenvalue weighted by Gasteiger charge is 2.41. The Bertz CT molecular complexity index is 1100. The van der Waals surface area contributed by atoms with E-state index in [2.05, 4.69) is 0 Å². The van der Waals surface area contributed by atoms with Crippen LogP contribution < -0.4 is 14.9 Å². The van der Waals surface area contributed by atoms with Gasteiger partial charge in [0.15, 0.2) is 0 Å². The molecule has 2 heterocycles. The van der Waals surface area contributed by atoms with Crippen LogP contribution in [0.25, 0.3) is 0 Å². The second kappa shape index (κ2) is 7.10. The number of aliphatic carboxylic acids is 1. The van der Waals surface area contributed by atoms with E-state index >= 15 is 0 Å². The molecule has 2 aromatic carbocycles. The summed E-state index contributed by atoms with van der Waals surface area (Å²) in [7, 11) is 0. The second-order valence-electron chi connectivity index (χ2n) is 6.39. The van der Waals surface area contributed by atoms with Gasteiger partial charge in [-0.2, -0.15) is 0 Å². The zero-order valence-electron chi connectivity index (χ0n) is 14.8. The number of hydrogen-bond donors (Lipinski definition) is 1. The Labute approximate surface area is 169 Å². The van der Waals surface area contributed by atoms with E-state index in [1.165, 1.54) is 30.3 Å². The molecule has 8 nitrogen and oxygen atoms in total. The van der Waals surface area contributed by atoms with Gasteiger partial charge >= 0.3 is 0 Å². The summed E-state index contributed by atoms with van der Waals surface area (Å²) >= 11 is 0.679. The minimum absolute atomic E-state index is 0.0572. The number of fused-ring (bicyclic) bond motifs is 1. The van der Waals surface area contributed by atoms with Gasteiger partial charge in [0.05, 0.1) is 29.0 Å². The van der Waals surface area contributed by atoms with Crippen LogP contribution in [0.2, 0.25) is 0 Å². The highest BCUT2D eigenvalue weighted by atomic mass is 32.2. The van der Waals surface area contributed by atoms with Gasteiger partial charge in [0.25, 0.3) is 11.1 Å². The number of benzene rings is 2. The molecule has 3 amide bonds. The summed E-state index contributed by atoms with van der Waals surface area (Å²) in [5, 5.41) is 20.1. The quantitative estimate of drug-likeness (QED) is 0.758. The number of imide groups is 1. The van der Waals surface area contributed by atoms with Crippen LogP contribution in [0.3, 0.4) is 0 Å². The highest BCUT2D eigenvalue weighted by Crippen LogP contribution is 2.42. The number of nitrogens with zero attached hydrogens (tertiary/aromatic N) is 2. The lowest BCUT2D eigenvalue weighted by Gasteiger charge is -2.18. The summed E-state index contributed by atoms with van der Waals surface area (Å²) in [6.45, 7) is -0.606. The van der Waals surface area contributed by atoms with Crippen molar-refractivity contribution in [2.75, 3.05) is 16.3 Å². The van der Waals surface area contributed by atoms with E-state index in [1.54, 1.807) is 24.3 Å². The average molecular weight is 409 g/mol. The zero-order chi connectivity index (χ0) is 20.7. The number of amides is 3. The fourth-order valence-electron chi connectivity index (χ4n) is 3.36. The third kappa shape index (κ3) is 3.25. The first-order chi connectivity index (χ1) is 13.9. The van der Waals surface area contributed by atoms with Gasteiger partial charge < -0.3 is 19.9 Å². The van der Waals surface area contributed by atoms with Gasteiger partial charge in [-0.25, -0.2) is 4.90 Å². The largest absolute Gasteiger partial charge is 0.548 e. The molecule has 1 saturated heterocycles. The first kappa shape index (κ1) is 18.8. The number of rotatable bonds is 4. The fourth-order valence-corrected chi connectivity index (χ4v) is 4.21. The lowest BCUT2D eigenvalue weighted by atomic mass is 10.00. The first-order valence-corrected chi connectivity index (χ1v) is 9.35. The summed E-state index contributed by atoms with van der Waals surface area (Å²) in [6.07, 6.45) is 1.38. The zero-order valence-corrected chi connectivity index (χ0v) is 15.6. The molecule has 2 aliphatic rings. The minimum atomic E-state index is -1.40. The monoisotopic (exact) mass is 409 g/mol. The number of carboxylic acids is 1. The van der Waals surface area contributed by atoms with Crippen molar-refractivity contribution in [2.24, 2.45) is 0 Å². The van der Waals surface area contributed by atoms with Crippen molar-refractivity contribution in [2.45, 2.75) is 5.92 Å². The number of anilines is 2. The van der Waals surface area contributed by atoms with Crippen LogP contribution in [0.1, 0.15) is 11.5 Å². The van der Waals surface area contributed by atoms with E-state index in [-0.39, 0.29) is 16.3 Å². The SMILES string of the molecule is O=C([O-])CN1C(=O)[C@H](/C=C2\SC(=O)N(c3cccc(O)c3)C2=O)c2ccccc21. The number of carbonyl (C=O) groups is 4. The van der Waals surface area contributed by atoms with Crippen LogP contribution in [-0.2, 0) is 14.4 Å². The van der Waals surface area contributed by atoms with Crippen LogP contribution in [0, 0.1) is 0 Å². The molecule has 0 radical (unpaired) electrons. The predicted octanol–water partition coefficient (Wildman–Crippen LogP) is 1.36. The number of phenolic OH excluding ortho intramolecular Hbond substituents is 1. The van der Waals surface area contributed by atoms with Crippen molar-refractivity contribution in [3.63, 3.8) is 0 Å². The molecular formula is C20H13N2O6S-. The standard InChI is InChI=1S/C20H14N2O6S/c23-12-5-3-4-11(8-12)22-19(27)16(29-20(22)28)9-14-13-6-1-2-7-15(13)21(18(14)26)10-17(24)25/h1-9,14,23H,10H2,(H,24,25)/p-1/b16-9-/t14-/m1/s1. The molecule has 1 fully saturated rings. The van der Waals surface area contributed by atoms with Gasteiger partial charge in [-0.05, 0) is 41.6 Å². The van der Waals surface area contributed by atoms with Crippen molar-refractivity contribution in [1.82, 2.24) is 0 Å². The Morgan fingerprint density at radius 2 is 1.90 bits per heavy atom. The van der Waals surface area contributed by atoms with Crippen molar-refractivity contribution < 1.29 is 29.4 Å². The number of thioether (sulfide) groups is 1. The van der Waals surface area contributed by atoms with Crippen LogP contribution in [0.5, 0.6) is 5.75 Å². The topological polar surface area (TPSA) is 118 Å². The van der Waals surface area contributed by atoms with E-state index in [0.29, 0.717) is 23.0 Å². The molecule has 9 heteroatoms. The molecule has 0 saturated carbocycles. The molecule has 1 atom stereocenters. The molecule has 0 aromatic heterocycles. The van der Waals surface area contributed by atoms with Gasteiger partial charge in [-0.3, -0.25) is 14.4 Å². The van der Waals surface area contributed by atoms with Gasteiger partial charge in [0.2, 0.25) is 5.91 Å². The van der Waals surface area contributed by atoms with Crippen molar-refractivity contribution in [1.29, 1.82) is 0 Å². The maximum Gasteiger partial charge on any atom is 0.298 e. The molecule has 2 aliphatic heterocycles. The Morgan fingerprint density at radius 1 is 1.14 bits per heavy atom. The minimum Gasteiger partial charge on any atom is -0.548 e. The Balaban J connectivity index is 1.69. The molecule has 29 heavy (non-hydrogen) atoms. The van der Waals surface area contributed by atoms with E-state index in [0.717, 1.165) is 9.80 Å². The molecule has 0 bridgehead atoms. The van der Waals surface area contributed by atoms with Gasteiger partial charge in [0, 0.05) is 11.8 Å². The van der Waals surface area contributed by atoms with Gasteiger partial charge in [-0.1, -0.05) is 24.3 Å². The number of aromatic hydroxyl groups is 1. The molecule has 0 unspecified atom stereocenters. The van der Waals surface area contributed by atoms with Crippen molar-refractivity contribution in [3.05, 3.63) is 65.1 Å². The second-order valence-corrected chi connectivity index (χ2v) is 7.39. The molecule has 4 rings (SSSR count). The summed E-state index contributed by atoms with van der Waals surface area (Å²) in [6, 6.07) is 12.4. The number of hydrogen-bond acceptors (Lipinski definition) is 7. The first-order valence-electron chi connectivity index (χ1n) is 8.54. The molecule has 1 N–H and O–H groups in total. The number of carboxylic acid groups (broad SMARTS) is 1. The summed E-state index contributed by atoms with van der Waals surface area (Å²) < 4.78 is 0. The third-order valence-corrected chi connectivity index (χ3v) is 5.47. The molecule has 0 aliphatic carbocycles. The summed E-state index contributed by atoms with van der Waals surface area (Å²) in [5.74, 6) is -3.52. The van der Waals surface area contributed by atoms with Crippen LogP contribution in [-0.4, -0.2) is 34.7 Å². The Kier molecular flexibility index (Phi) is 4.59. The van der Waals surface area contributed by atoms with E-state index < -0.39 is 35.5 Å². The number of phenols is 1. The van der Waals surface area contributed by atoms with E-state index in [4.69, 9.17) is 0 Å². The van der Waals surface area contributed by atoms with E-state index in [1.807, 2.05) is 0 Å². The van der Waals surface area contributed by atoms with Crippen LogP contribution in [0.4, 0.5) is 16.2 Å². The smallest absolute Gasteiger partial charge is 0.298 e. The molecular weight excluding hydrogens is 396 g/mol.